The SMILES string of the molecule is CCCCCN1CCN(c2cc(F)ccc2N)CC1. The predicted octanol–water partition coefficient (Wildman–Crippen LogP) is 2.72. The molecule has 0 aromatic heterocycles. The first kappa shape index (κ1) is 14.1. The molecule has 1 aliphatic rings. The highest BCUT2D eigenvalue weighted by Crippen LogP contribution is 2.25. The Labute approximate surface area is 115 Å². The summed E-state index contributed by atoms with van der Waals surface area (Å²) in [6.45, 7) is 7.35. The van der Waals surface area contributed by atoms with E-state index in [0.29, 0.717) is 5.69 Å². The molecule has 3 nitrogen and oxygen atoms in total. The van der Waals surface area contributed by atoms with Crippen molar-refractivity contribution in [3.63, 3.8) is 0 Å². The summed E-state index contributed by atoms with van der Waals surface area (Å²) in [7, 11) is 0. The van der Waals surface area contributed by atoms with E-state index in [0.717, 1.165) is 31.9 Å². The average molecular weight is 265 g/mol. The van der Waals surface area contributed by atoms with Gasteiger partial charge in [0.25, 0.3) is 0 Å². The van der Waals surface area contributed by atoms with Crippen LogP contribution in [0.2, 0.25) is 0 Å². The van der Waals surface area contributed by atoms with Gasteiger partial charge in [-0.15, -0.1) is 0 Å². The zero-order chi connectivity index (χ0) is 13.7. The van der Waals surface area contributed by atoms with E-state index in [1.165, 1.54) is 31.9 Å². The number of halogens is 1. The van der Waals surface area contributed by atoms with Gasteiger partial charge in [0.15, 0.2) is 0 Å². The summed E-state index contributed by atoms with van der Waals surface area (Å²) < 4.78 is 13.3. The van der Waals surface area contributed by atoms with Crippen molar-refractivity contribution in [3.05, 3.63) is 24.0 Å². The molecule has 4 heteroatoms. The molecule has 106 valence electrons. The second kappa shape index (κ2) is 6.75. The number of rotatable bonds is 5. The van der Waals surface area contributed by atoms with E-state index in [1.54, 1.807) is 12.1 Å². The molecule has 1 aromatic rings. The Morgan fingerprint density at radius 1 is 1.16 bits per heavy atom. The van der Waals surface area contributed by atoms with Gasteiger partial charge in [0.05, 0.1) is 11.4 Å². The molecule has 0 spiro atoms. The third kappa shape index (κ3) is 3.83. The molecule has 1 aromatic carbocycles. The van der Waals surface area contributed by atoms with Gasteiger partial charge in [0.2, 0.25) is 0 Å². The first-order valence-electron chi connectivity index (χ1n) is 7.23. The predicted molar refractivity (Wildman–Crippen MR) is 79.0 cm³/mol. The summed E-state index contributed by atoms with van der Waals surface area (Å²) >= 11 is 0. The van der Waals surface area contributed by atoms with E-state index in [1.807, 2.05) is 0 Å². The first-order valence-corrected chi connectivity index (χ1v) is 7.23. The molecule has 0 atom stereocenters. The number of benzene rings is 1. The smallest absolute Gasteiger partial charge is 0.125 e. The normalized spacial score (nSPS) is 16.8. The van der Waals surface area contributed by atoms with Gasteiger partial charge in [-0.05, 0) is 31.2 Å². The lowest BCUT2D eigenvalue weighted by Crippen LogP contribution is -2.46. The zero-order valence-electron chi connectivity index (χ0n) is 11.7. The molecule has 0 unspecified atom stereocenters. The molecule has 0 bridgehead atoms. The van der Waals surface area contributed by atoms with Crippen molar-refractivity contribution in [2.45, 2.75) is 26.2 Å². The number of nitrogens with two attached hydrogens (primary N) is 1. The minimum atomic E-state index is -0.213. The second-order valence-corrected chi connectivity index (χ2v) is 5.24. The van der Waals surface area contributed by atoms with Gasteiger partial charge in [-0.25, -0.2) is 4.39 Å². The van der Waals surface area contributed by atoms with Gasteiger partial charge in [0.1, 0.15) is 5.82 Å². The van der Waals surface area contributed by atoms with Crippen LogP contribution < -0.4 is 10.6 Å². The second-order valence-electron chi connectivity index (χ2n) is 5.24. The average Bonchev–Trinajstić information content (AvgIpc) is 2.43. The molecule has 0 radical (unpaired) electrons. The lowest BCUT2D eigenvalue weighted by molar-refractivity contribution is 0.253. The topological polar surface area (TPSA) is 32.5 Å². The highest BCUT2D eigenvalue weighted by Gasteiger charge is 2.18. The highest BCUT2D eigenvalue weighted by molar-refractivity contribution is 5.67. The van der Waals surface area contributed by atoms with E-state index in [2.05, 4.69) is 16.7 Å². The molecule has 1 heterocycles. The van der Waals surface area contributed by atoms with Crippen LogP contribution in [0.3, 0.4) is 0 Å². The molecule has 0 saturated carbocycles. The van der Waals surface area contributed by atoms with Crippen molar-refractivity contribution in [2.24, 2.45) is 0 Å². The Kier molecular flexibility index (Phi) is 5.02. The lowest BCUT2D eigenvalue weighted by atomic mass is 10.2. The van der Waals surface area contributed by atoms with Crippen LogP contribution in [-0.2, 0) is 0 Å². The molecule has 1 fully saturated rings. The van der Waals surface area contributed by atoms with Crippen LogP contribution in [0.25, 0.3) is 0 Å². The minimum Gasteiger partial charge on any atom is -0.397 e. The Balaban J connectivity index is 1.87. The van der Waals surface area contributed by atoms with Crippen LogP contribution in [0.5, 0.6) is 0 Å². The fourth-order valence-electron chi connectivity index (χ4n) is 2.59. The number of hydrogen-bond donors (Lipinski definition) is 1. The summed E-state index contributed by atoms with van der Waals surface area (Å²) in [5, 5.41) is 0. The van der Waals surface area contributed by atoms with Crippen molar-refractivity contribution < 1.29 is 4.39 Å². The monoisotopic (exact) mass is 265 g/mol. The number of nitrogen functional groups attached to an aromatic ring is 1. The maximum absolute atomic E-state index is 13.3. The zero-order valence-corrected chi connectivity index (χ0v) is 11.7. The van der Waals surface area contributed by atoms with E-state index >= 15 is 0 Å². The molecule has 0 aliphatic carbocycles. The Hall–Kier alpha value is -1.29. The summed E-state index contributed by atoms with van der Waals surface area (Å²) in [6, 6.07) is 4.61. The Bertz CT molecular complexity index is 400. The van der Waals surface area contributed by atoms with Gasteiger partial charge in [-0.3, -0.25) is 4.90 Å². The van der Waals surface area contributed by atoms with E-state index in [-0.39, 0.29) is 5.82 Å². The molecular weight excluding hydrogens is 241 g/mol. The third-order valence-corrected chi connectivity index (χ3v) is 3.78. The van der Waals surface area contributed by atoms with Gasteiger partial charge in [0, 0.05) is 26.2 Å². The number of unbranched alkanes of at least 4 members (excludes halogenated alkanes) is 2. The molecule has 2 rings (SSSR count). The van der Waals surface area contributed by atoms with Crippen molar-refractivity contribution in [2.75, 3.05) is 43.4 Å². The molecule has 1 aliphatic heterocycles. The van der Waals surface area contributed by atoms with E-state index in [9.17, 15) is 4.39 Å². The molecule has 2 N–H and O–H groups in total. The maximum atomic E-state index is 13.3. The standard InChI is InChI=1S/C15H24FN3/c1-2-3-4-7-18-8-10-19(11-9-18)15-12-13(16)5-6-14(15)17/h5-6,12H,2-4,7-11,17H2,1H3. The number of nitrogens with zero attached hydrogens (tertiary/aromatic N) is 2. The Morgan fingerprint density at radius 2 is 1.89 bits per heavy atom. The van der Waals surface area contributed by atoms with Crippen LogP contribution in [0.15, 0.2) is 18.2 Å². The third-order valence-electron chi connectivity index (χ3n) is 3.78. The van der Waals surface area contributed by atoms with Crippen LogP contribution in [-0.4, -0.2) is 37.6 Å². The van der Waals surface area contributed by atoms with Crippen molar-refractivity contribution in [1.82, 2.24) is 4.90 Å². The van der Waals surface area contributed by atoms with Gasteiger partial charge in [-0.1, -0.05) is 19.8 Å². The van der Waals surface area contributed by atoms with Crippen molar-refractivity contribution >= 4 is 11.4 Å². The number of piperazine rings is 1. The van der Waals surface area contributed by atoms with Crippen LogP contribution >= 0.6 is 0 Å². The summed E-state index contributed by atoms with van der Waals surface area (Å²) in [4.78, 5) is 4.68. The minimum absolute atomic E-state index is 0.213. The fourth-order valence-corrected chi connectivity index (χ4v) is 2.59. The maximum Gasteiger partial charge on any atom is 0.125 e. The summed E-state index contributed by atoms with van der Waals surface area (Å²) in [5.41, 5.74) is 7.44. The lowest BCUT2D eigenvalue weighted by Gasteiger charge is -2.36. The van der Waals surface area contributed by atoms with Crippen molar-refractivity contribution in [1.29, 1.82) is 0 Å². The van der Waals surface area contributed by atoms with Gasteiger partial charge < -0.3 is 10.6 Å². The largest absolute Gasteiger partial charge is 0.397 e. The molecule has 0 amide bonds. The quantitative estimate of drug-likeness (QED) is 0.656. The summed E-state index contributed by atoms with van der Waals surface area (Å²) in [6.07, 6.45) is 3.84. The number of anilines is 2. The van der Waals surface area contributed by atoms with E-state index < -0.39 is 0 Å². The van der Waals surface area contributed by atoms with Crippen LogP contribution in [0, 0.1) is 5.82 Å². The van der Waals surface area contributed by atoms with Gasteiger partial charge in [-0.2, -0.15) is 0 Å². The highest BCUT2D eigenvalue weighted by atomic mass is 19.1. The number of hydrogen-bond acceptors (Lipinski definition) is 3. The van der Waals surface area contributed by atoms with Gasteiger partial charge >= 0.3 is 0 Å². The van der Waals surface area contributed by atoms with Crippen molar-refractivity contribution in [3.8, 4) is 0 Å². The Morgan fingerprint density at radius 3 is 2.58 bits per heavy atom. The fraction of sp³-hybridized carbons (Fsp3) is 0.600. The van der Waals surface area contributed by atoms with Crippen LogP contribution in [0.4, 0.5) is 15.8 Å². The molecular formula is C15H24FN3. The molecule has 19 heavy (non-hydrogen) atoms. The molecule has 1 saturated heterocycles. The summed E-state index contributed by atoms with van der Waals surface area (Å²) in [5.74, 6) is -0.213. The van der Waals surface area contributed by atoms with Crippen LogP contribution in [0.1, 0.15) is 26.2 Å². The van der Waals surface area contributed by atoms with E-state index in [4.69, 9.17) is 5.73 Å². The first-order chi connectivity index (χ1) is 9.20.